The van der Waals surface area contributed by atoms with Gasteiger partial charge in [0, 0.05) is 24.5 Å². The number of hydrogen-bond acceptors (Lipinski definition) is 6. The molecule has 1 aromatic carbocycles. The van der Waals surface area contributed by atoms with E-state index in [0.29, 0.717) is 35.3 Å². The van der Waals surface area contributed by atoms with Gasteiger partial charge in [-0.15, -0.1) is 11.3 Å². The normalized spacial score (nSPS) is 23.5. The summed E-state index contributed by atoms with van der Waals surface area (Å²) in [5.41, 5.74) is 1.42. The van der Waals surface area contributed by atoms with Crippen LogP contribution in [0.2, 0.25) is 5.02 Å². The summed E-state index contributed by atoms with van der Waals surface area (Å²) in [6.45, 7) is 9.22. The van der Waals surface area contributed by atoms with Gasteiger partial charge in [0.25, 0.3) is 10.0 Å². The molecule has 0 amide bonds. The zero-order valence-corrected chi connectivity index (χ0v) is 19.6. The van der Waals surface area contributed by atoms with Crippen LogP contribution in [-0.4, -0.2) is 44.0 Å². The summed E-state index contributed by atoms with van der Waals surface area (Å²) in [6.07, 6.45) is 2.25. The van der Waals surface area contributed by atoms with Crippen molar-refractivity contribution < 1.29 is 12.8 Å². The molecule has 2 aliphatic heterocycles. The Morgan fingerprint density at radius 2 is 2.17 bits per heavy atom. The molecule has 2 fully saturated rings. The molecule has 1 unspecified atom stereocenters. The molecule has 6 nitrogen and oxygen atoms in total. The fourth-order valence-corrected chi connectivity index (χ4v) is 6.90. The Morgan fingerprint density at radius 3 is 2.87 bits per heavy atom. The Labute approximate surface area is 185 Å². The summed E-state index contributed by atoms with van der Waals surface area (Å²) in [4.78, 5) is 6.11. The Kier molecular flexibility index (Phi) is 5.76. The Morgan fingerprint density at radius 1 is 1.40 bits per heavy atom. The van der Waals surface area contributed by atoms with Gasteiger partial charge in [0.1, 0.15) is 10.7 Å². The van der Waals surface area contributed by atoms with Crippen LogP contribution in [0.25, 0.3) is 0 Å². The highest BCUT2D eigenvalue weighted by Gasteiger charge is 2.44. The van der Waals surface area contributed by atoms with Crippen LogP contribution in [0.4, 0.5) is 15.2 Å². The van der Waals surface area contributed by atoms with Gasteiger partial charge in [-0.1, -0.05) is 25.4 Å². The zero-order chi connectivity index (χ0) is 21.7. The van der Waals surface area contributed by atoms with E-state index in [4.69, 9.17) is 11.6 Å². The quantitative estimate of drug-likeness (QED) is 0.643. The maximum absolute atomic E-state index is 14.7. The van der Waals surface area contributed by atoms with Crippen molar-refractivity contribution in [1.29, 1.82) is 0 Å². The lowest BCUT2D eigenvalue weighted by Crippen LogP contribution is -2.29. The average Bonchev–Trinajstić information content (AvgIpc) is 3.29. The molecule has 164 valence electrons. The van der Waals surface area contributed by atoms with Crippen LogP contribution < -0.4 is 10.0 Å². The van der Waals surface area contributed by atoms with Gasteiger partial charge >= 0.3 is 0 Å². The van der Waals surface area contributed by atoms with Crippen LogP contribution >= 0.6 is 22.9 Å². The molecule has 0 saturated carbocycles. The van der Waals surface area contributed by atoms with Gasteiger partial charge in [-0.2, -0.15) is 0 Å². The maximum Gasteiger partial charge on any atom is 0.266 e. The predicted octanol–water partition coefficient (Wildman–Crippen LogP) is 4.58. The van der Waals surface area contributed by atoms with Gasteiger partial charge in [0.15, 0.2) is 5.13 Å². The van der Waals surface area contributed by atoms with Crippen molar-refractivity contribution in [3.63, 3.8) is 0 Å². The number of aryl methyl sites for hydroxylation is 1. The summed E-state index contributed by atoms with van der Waals surface area (Å²) in [7, 11) is -4.12. The second-order valence-electron chi connectivity index (χ2n) is 9.00. The number of anilines is 2. The number of benzene rings is 1. The van der Waals surface area contributed by atoms with Gasteiger partial charge in [-0.05, 0) is 49.8 Å². The van der Waals surface area contributed by atoms with Crippen LogP contribution in [-0.2, 0) is 10.0 Å². The van der Waals surface area contributed by atoms with E-state index in [1.54, 1.807) is 12.3 Å². The first-order valence-electron chi connectivity index (χ1n) is 9.96. The summed E-state index contributed by atoms with van der Waals surface area (Å²) in [5, 5.41) is 5.32. The Balaban J connectivity index is 1.46. The minimum atomic E-state index is -4.12. The lowest BCUT2D eigenvalue weighted by molar-refractivity contribution is 0.285. The Hall–Kier alpha value is -1.42. The number of fused-ring (bicyclic) bond motifs is 1. The number of thiazole rings is 1. The van der Waals surface area contributed by atoms with Crippen molar-refractivity contribution in [2.24, 2.45) is 11.3 Å². The number of halogens is 2. The van der Waals surface area contributed by atoms with Gasteiger partial charge in [-0.25, -0.2) is 17.8 Å². The summed E-state index contributed by atoms with van der Waals surface area (Å²) in [6, 6.07) is 2.85. The first-order chi connectivity index (χ1) is 14.0. The first-order valence-corrected chi connectivity index (χ1v) is 12.7. The van der Waals surface area contributed by atoms with Crippen LogP contribution in [0, 0.1) is 24.1 Å². The molecule has 30 heavy (non-hydrogen) atoms. The summed E-state index contributed by atoms with van der Waals surface area (Å²) < 4.78 is 42.2. The van der Waals surface area contributed by atoms with Gasteiger partial charge in [-0.3, -0.25) is 9.62 Å². The lowest BCUT2D eigenvalue weighted by Gasteiger charge is -2.22. The van der Waals surface area contributed by atoms with Crippen molar-refractivity contribution in [3.05, 3.63) is 34.0 Å². The van der Waals surface area contributed by atoms with E-state index in [1.807, 2.05) is 0 Å². The number of aromatic nitrogens is 1. The third kappa shape index (κ3) is 4.44. The van der Waals surface area contributed by atoms with E-state index >= 15 is 0 Å². The third-order valence-corrected chi connectivity index (χ3v) is 8.57. The second kappa shape index (κ2) is 7.93. The van der Waals surface area contributed by atoms with E-state index in [1.165, 1.54) is 0 Å². The molecular formula is C20H26ClFN4O2S2. The highest BCUT2D eigenvalue weighted by molar-refractivity contribution is 7.93. The van der Waals surface area contributed by atoms with Gasteiger partial charge in [0.05, 0.1) is 16.4 Å². The molecule has 0 aliphatic carbocycles. The van der Waals surface area contributed by atoms with E-state index in [9.17, 15) is 12.8 Å². The molecule has 1 aromatic heterocycles. The lowest BCUT2D eigenvalue weighted by atomic mass is 9.86. The molecular weight excluding hydrogens is 447 g/mol. The Bertz CT molecular complexity index is 1060. The fourth-order valence-electron chi connectivity index (χ4n) is 4.58. The molecule has 2 aliphatic rings. The summed E-state index contributed by atoms with van der Waals surface area (Å²) >= 11 is 7.45. The smallest absolute Gasteiger partial charge is 0.266 e. The van der Waals surface area contributed by atoms with Gasteiger partial charge in [0.2, 0.25) is 0 Å². The molecule has 2 saturated heterocycles. The molecule has 0 spiro atoms. The highest BCUT2D eigenvalue weighted by Crippen LogP contribution is 2.42. The van der Waals surface area contributed by atoms with Crippen LogP contribution in [0.15, 0.2) is 22.4 Å². The molecule has 2 N–H and O–H groups in total. The highest BCUT2D eigenvalue weighted by atomic mass is 35.5. The largest absolute Gasteiger partial charge is 0.383 e. The number of hydrogen-bond donors (Lipinski definition) is 2. The fraction of sp³-hybridized carbons (Fsp3) is 0.550. The molecule has 2 atom stereocenters. The number of nitrogens with zero attached hydrogens (tertiary/aromatic N) is 2. The van der Waals surface area contributed by atoms with E-state index < -0.39 is 20.7 Å². The standard InChI is InChI=1S/C20H26ClFN4O2S2/c1-12-10-29-19(24-12)25-30(27,28)18-6-14(21)16(7-15(18)22)23-9-13-4-5-26-11-20(2,3)8-17(13)26/h6-7,10,13,17,23H,4-5,8-9,11H2,1-3H3,(H,24,25)/t13-,17?/m0/s1. The number of nitrogens with one attached hydrogen (secondary N) is 2. The van der Waals surface area contributed by atoms with Crippen LogP contribution in [0.3, 0.4) is 0 Å². The SMILES string of the molecule is Cc1csc(NS(=O)(=O)c2cc(Cl)c(NC[C@@H]3CCN4CC(C)(C)CC34)cc2F)n1. The first kappa shape index (κ1) is 21.8. The molecule has 0 radical (unpaired) electrons. The molecule has 10 heteroatoms. The minimum absolute atomic E-state index is 0.175. The van der Waals surface area contributed by atoms with Crippen LogP contribution in [0.1, 0.15) is 32.4 Å². The van der Waals surface area contributed by atoms with Gasteiger partial charge < -0.3 is 5.32 Å². The van der Waals surface area contributed by atoms with E-state index in [2.05, 4.69) is 33.8 Å². The predicted molar refractivity (Wildman–Crippen MR) is 119 cm³/mol. The molecule has 3 heterocycles. The van der Waals surface area contributed by atoms with Crippen molar-refractivity contribution >= 4 is 43.8 Å². The van der Waals surface area contributed by atoms with Crippen molar-refractivity contribution in [2.75, 3.05) is 29.7 Å². The number of sulfonamides is 1. The zero-order valence-electron chi connectivity index (χ0n) is 17.2. The van der Waals surface area contributed by atoms with Crippen molar-refractivity contribution in [1.82, 2.24) is 9.88 Å². The van der Waals surface area contributed by atoms with E-state index in [-0.39, 0.29) is 10.2 Å². The maximum atomic E-state index is 14.7. The molecule has 0 bridgehead atoms. The molecule has 2 aromatic rings. The number of rotatable bonds is 6. The second-order valence-corrected chi connectivity index (χ2v) is 11.9. The average molecular weight is 473 g/mol. The minimum Gasteiger partial charge on any atom is -0.383 e. The monoisotopic (exact) mass is 472 g/mol. The topological polar surface area (TPSA) is 74.3 Å². The van der Waals surface area contributed by atoms with Crippen LogP contribution in [0.5, 0.6) is 0 Å². The van der Waals surface area contributed by atoms with Crippen molar-refractivity contribution in [3.8, 4) is 0 Å². The molecule has 4 rings (SSSR count). The van der Waals surface area contributed by atoms with Crippen molar-refractivity contribution in [2.45, 2.75) is 44.6 Å². The van der Waals surface area contributed by atoms with E-state index in [0.717, 1.165) is 49.4 Å². The third-order valence-electron chi connectivity index (χ3n) is 5.90. The summed E-state index contributed by atoms with van der Waals surface area (Å²) in [5.74, 6) is -0.387.